The van der Waals surface area contributed by atoms with Gasteiger partial charge in [0.25, 0.3) is 0 Å². The van der Waals surface area contributed by atoms with Crippen molar-refractivity contribution in [2.75, 3.05) is 5.33 Å². The van der Waals surface area contributed by atoms with Crippen molar-refractivity contribution >= 4 is 38.8 Å². The summed E-state index contributed by atoms with van der Waals surface area (Å²) < 4.78 is 3.07. The van der Waals surface area contributed by atoms with Crippen molar-refractivity contribution in [3.8, 4) is 0 Å². The number of rotatable bonds is 4. The summed E-state index contributed by atoms with van der Waals surface area (Å²) in [6, 6.07) is 5.26. The predicted molar refractivity (Wildman–Crippen MR) is 90.7 cm³/mol. The molecule has 0 saturated carbocycles. The molecule has 1 aliphatic heterocycles. The number of alkyl halides is 1. The fourth-order valence-corrected chi connectivity index (χ4v) is 3.35. The van der Waals surface area contributed by atoms with Gasteiger partial charge in [0.2, 0.25) is 11.8 Å². The highest BCUT2D eigenvalue weighted by Crippen LogP contribution is 2.24. The lowest BCUT2D eigenvalue weighted by molar-refractivity contribution is -0.135. The second-order valence-electron chi connectivity index (χ2n) is 5.79. The Morgan fingerprint density at radius 1 is 1.26 bits per heavy atom. The number of amides is 2. The Balaban J connectivity index is 2.07. The normalized spacial score (nSPS) is 18.4. The minimum absolute atomic E-state index is 0.229. The summed E-state index contributed by atoms with van der Waals surface area (Å²) in [4.78, 5) is 36.0. The van der Waals surface area contributed by atoms with Crippen LogP contribution in [-0.2, 0) is 23.1 Å². The first kappa shape index (κ1) is 16.0. The van der Waals surface area contributed by atoms with E-state index in [4.69, 9.17) is 0 Å². The summed E-state index contributed by atoms with van der Waals surface area (Å²) >= 11 is 3.42. The van der Waals surface area contributed by atoms with Crippen LogP contribution in [0.1, 0.15) is 30.9 Å². The number of fused-ring (bicyclic) bond motifs is 1. The van der Waals surface area contributed by atoms with Crippen LogP contribution in [0.2, 0.25) is 0 Å². The molecule has 23 heavy (non-hydrogen) atoms. The van der Waals surface area contributed by atoms with Crippen LogP contribution in [0.5, 0.6) is 0 Å². The Morgan fingerprint density at radius 3 is 2.74 bits per heavy atom. The molecule has 2 heterocycles. The number of imide groups is 1. The van der Waals surface area contributed by atoms with Gasteiger partial charge in [-0.15, -0.1) is 0 Å². The molecule has 0 spiro atoms. The zero-order chi connectivity index (χ0) is 16.6. The minimum atomic E-state index is -0.628. The van der Waals surface area contributed by atoms with Gasteiger partial charge in [-0.1, -0.05) is 22.0 Å². The maximum atomic E-state index is 12.6. The fraction of sp³-hybridized carbons (Fsp3) is 0.438. The molecule has 1 aliphatic rings. The van der Waals surface area contributed by atoms with E-state index >= 15 is 0 Å². The van der Waals surface area contributed by atoms with E-state index in [0.29, 0.717) is 6.42 Å². The van der Waals surface area contributed by atoms with Gasteiger partial charge in [0, 0.05) is 18.8 Å². The molecule has 2 amide bonds. The van der Waals surface area contributed by atoms with E-state index in [1.165, 1.54) is 4.57 Å². The number of carbonyl (C=O) groups excluding carboxylic acids is 2. The highest BCUT2D eigenvalue weighted by atomic mass is 79.9. The monoisotopic (exact) mass is 379 g/mol. The Kier molecular flexibility index (Phi) is 4.39. The molecule has 1 unspecified atom stereocenters. The Hall–Kier alpha value is -1.89. The van der Waals surface area contributed by atoms with Crippen LogP contribution < -0.4 is 11.0 Å². The van der Waals surface area contributed by atoms with E-state index in [-0.39, 0.29) is 18.0 Å². The van der Waals surface area contributed by atoms with Crippen molar-refractivity contribution in [1.29, 1.82) is 0 Å². The number of carbonyl (C=O) groups is 2. The molecule has 2 aromatic rings. The van der Waals surface area contributed by atoms with Crippen LogP contribution >= 0.6 is 15.9 Å². The van der Waals surface area contributed by atoms with Crippen LogP contribution in [0.4, 0.5) is 0 Å². The first-order valence-electron chi connectivity index (χ1n) is 7.62. The molecule has 1 aromatic heterocycles. The average molecular weight is 380 g/mol. The van der Waals surface area contributed by atoms with Crippen molar-refractivity contribution in [3.63, 3.8) is 0 Å². The van der Waals surface area contributed by atoms with Gasteiger partial charge in [0.1, 0.15) is 6.04 Å². The lowest BCUT2D eigenvalue weighted by Gasteiger charge is -2.21. The summed E-state index contributed by atoms with van der Waals surface area (Å²) in [7, 11) is 1.71. The topological polar surface area (TPSA) is 73.1 Å². The van der Waals surface area contributed by atoms with Gasteiger partial charge in [0.15, 0.2) is 0 Å². The molecule has 0 radical (unpaired) electrons. The molecule has 0 aliphatic carbocycles. The Morgan fingerprint density at radius 2 is 2.04 bits per heavy atom. The van der Waals surface area contributed by atoms with Crippen molar-refractivity contribution < 1.29 is 9.59 Å². The molecule has 1 aromatic carbocycles. The molecule has 1 N–H and O–H groups in total. The molecule has 0 bridgehead atoms. The Bertz CT molecular complexity index is 837. The number of piperidine rings is 1. The van der Waals surface area contributed by atoms with E-state index in [9.17, 15) is 14.4 Å². The van der Waals surface area contributed by atoms with E-state index < -0.39 is 11.9 Å². The first-order chi connectivity index (χ1) is 11.0. The van der Waals surface area contributed by atoms with Gasteiger partial charge >= 0.3 is 5.69 Å². The number of nitrogens with zero attached hydrogens (tertiary/aromatic N) is 2. The third-order valence-corrected chi connectivity index (χ3v) is 4.84. The number of hydrogen-bond donors (Lipinski definition) is 1. The molecular weight excluding hydrogens is 362 g/mol. The van der Waals surface area contributed by atoms with Crippen molar-refractivity contribution in [3.05, 3.63) is 34.2 Å². The summed E-state index contributed by atoms with van der Waals surface area (Å²) in [6.45, 7) is 0. The van der Waals surface area contributed by atoms with Gasteiger partial charge < -0.3 is 0 Å². The highest BCUT2D eigenvalue weighted by molar-refractivity contribution is 9.09. The third-order valence-electron chi connectivity index (χ3n) is 4.27. The molecule has 1 saturated heterocycles. The number of imidazole rings is 1. The maximum Gasteiger partial charge on any atom is 0.329 e. The lowest BCUT2D eigenvalue weighted by Crippen LogP contribution is -2.44. The average Bonchev–Trinajstić information content (AvgIpc) is 2.77. The van der Waals surface area contributed by atoms with Crippen LogP contribution in [0, 0.1) is 0 Å². The summed E-state index contributed by atoms with van der Waals surface area (Å²) in [6.07, 6.45) is 2.56. The van der Waals surface area contributed by atoms with Crippen LogP contribution in [0.25, 0.3) is 11.0 Å². The second kappa shape index (κ2) is 6.31. The van der Waals surface area contributed by atoms with Gasteiger partial charge in [0.05, 0.1) is 11.0 Å². The molecule has 122 valence electrons. The van der Waals surface area contributed by atoms with Gasteiger partial charge in [-0.25, -0.2) is 4.79 Å². The molecule has 1 atom stereocenters. The number of aromatic nitrogens is 2. The van der Waals surface area contributed by atoms with Crippen LogP contribution in [-0.4, -0.2) is 26.3 Å². The largest absolute Gasteiger partial charge is 0.329 e. The zero-order valence-electron chi connectivity index (χ0n) is 12.8. The molecule has 1 fully saturated rings. The van der Waals surface area contributed by atoms with Gasteiger partial charge in [-0.05, 0) is 37.0 Å². The third kappa shape index (κ3) is 2.85. The standard InChI is InChI=1S/C16H18BrN3O3/c1-19-13-9-10(3-2-8-17)4-5-11(13)20(16(19)23)12-6-7-14(21)18-15(12)22/h4-5,9,12H,2-3,6-8H2,1H3,(H,18,21,22). The maximum absolute atomic E-state index is 12.6. The summed E-state index contributed by atoms with van der Waals surface area (Å²) in [5, 5.41) is 3.25. The molecular formula is C16H18BrN3O3. The number of aryl methyl sites for hydroxylation is 2. The number of benzene rings is 1. The number of nitrogens with one attached hydrogen (secondary N) is 1. The highest BCUT2D eigenvalue weighted by Gasteiger charge is 2.31. The minimum Gasteiger partial charge on any atom is -0.295 e. The smallest absolute Gasteiger partial charge is 0.295 e. The molecule has 7 heteroatoms. The van der Waals surface area contributed by atoms with E-state index in [1.807, 2.05) is 18.2 Å². The van der Waals surface area contributed by atoms with Crippen molar-refractivity contribution in [2.45, 2.75) is 31.7 Å². The number of halogens is 1. The Labute approximate surface area is 141 Å². The predicted octanol–water partition coefficient (Wildman–Crippen LogP) is 1.65. The summed E-state index contributed by atoms with van der Waals surface area (Å²) in [5.41, 5.74) is 2.47. The molecule has 3 rings (SSSR count). The lowest BCUT2D eigenvalue weighted by atomic mass is 10.1. The van der Waals surface area contributed by atoms with Crippen molar-refractivity contribution in [2.24, 2.45) is 7.05 Å². The number of hydrogen-bond acceptors (Lipinski definition) is 3. The fourth-order valence-electron chi connectivity index (χ4n) is 3.07. The summed E-state index contributed by atoms with van der Waals surface area (Å²) in [5.74, 6) is -0.684. The second-order valence-corrected chi connectivity index (χ2v) is 6.59. The van der Waals surface area contributed by atoms with E-state index in [1.54, 1.807) is 11.6 Å². The quantitative estimate of drug-likeness (QED) is 0.648. The van der Waals surface area contributed by atoms with Gasteiger partial charge in [-0.3, -0.25) is 24.0 Å². The van der Waals surface area contributed by atoms with E-state index in [2.05, 4.69) is 21.2 Å². The van der Waals surface area contributed by atoms with Crippen LogP contribution in [0.3, 0.4) is 0 Å². The zero-order valence-corrected chi connectivity index (χ0v) is 14.4. The molecule has 6 nitrogen and oxygen atoms in total. The van der Waals surface area contributed by atoms with Gasteiger partial charge in [-0.2, -0.15) is 0 Å². The van der Waals surface area contributed by atoms with Crippen molar-refractivity contribution in [1.82, 2.24) is 14.5 Å². The van der Waals surface area contributed by atoms with E-state index in [0.717, 1.165) is 34.8 Å². The SMILES string of the molecule is Cn1c(=O)n(C2CCC(=O)NC2=O)c2ccc(CCCBr)cc21. The van der Waals surface area contributed by atoms with Crippen LogP contribution in [0.15, 0.2) is 23.0 Å². The first-order valence-corrected chi connectivity index (χ1v) is 8.74.